The Labute approximate surface area is 246 Å². The maximum atomic E-state index is 14.5. The molecule has 3 aromatic rings. The fraction of sp³-hybridized carbons (Fsp3) is 0.357. The quantitative estimate of drug-likeness (QED) is 0.377. The topological polar surface area (TPSA) is 109 Å². The molecule has 10 nitrogen and oxygen atoms in total. The molecule has 41 heavy (non-hydrogen) atoms. The van der Waals surface area contributed by atoms with Crippen LogP contribution in [-0.2, 0) is 0 Å². The zero-order chi connectivity index (χ0) is 29.4. The van der Waals surface area contributed by atoms with E-state index in [0.29, 0.717) is 30.0 Å². The zero-order valence-electron chi connectivity index (χ0n) is 22.9. The molecule has 2 aromatic carbocycles. The molecule has 2 aliphatic heterocycles. The van der Waals surface area contributed by atoms with Crippen LogP contribution < -0.4 is 20.1 Å². The number of alkyl halides is 1. The summed E-state index contributed by atoms with van der Waals surface area (Å²) in [4.78, 5) is 37.9. The van der Waals surface area contributed by atoms with Crippen molar-refractivity contribution in [3.8, 4) is 17.4 Å². The summed E-state index contributed by atoms with van der Waals surface area (Å²) in [6, 6.07) is 7.62. The van der Waals surface area contributed by atoms with Crippen LogP contribution in [0.5, 0.6) is 17.4 Å². The molecule has 0 spiro atoms. The van der Waals surface area contributed by atoms with E-state index in [4.69, 9.17) is 32.7 Å². The van der Waals surface area contributed by atoms with Crippen LogP contribution in [0.4, 0.5) is 16.0 Å². The van der Waals surface area contributed by atoms with E-state index < -0.39 is 18.1 Å². The molecular formula is C28H29Cl2FN6O4. The first-order valence-corrected chi connectivity index (χ1v) is 13.7. The van der Waals surface area contributed by atoms with Crippen molar-refractivity contribution in [3.05, 3.63) is 63.3 Å². The highest BCUT2D eigenvalue weighted by atomic mass is 35.5. The van der Waals surface area contributed by atoms with Gasteiger partial charge in [-0.25, -0.2) is 9.37 Å². The minimum absolute atomic E-state index is 0.0348. The lowest BCUT2D eigenvalue weighted by molar-refractivity contribution is 0.0781. The van der Waals surface area contributed by atoms with E-state index in [1.54, 1.807) is 24.1 Å². The van der Waals surface area contributed by atoms with Gasteiger partial charge in [-0.3, -0.25) is 9.59 Å². The lowest BCUT2D eigenvalue weighted by atomic mass is 10.0. The molecular weight excluding hydrogens is 574 g/mol. The number of likely N-dealkylation sites (tertiary alicyclic amines) is 1. The highest BCUT2D eigenvalue weighted by Gasteiger charge is 2.34. The molecule has 0 aliphatic carbocycles. The maximum absolute atomic E-state index is 14.5. The summed E-state index contributed by atoms with van der Waals surface area (Å²) < 4.78 is 26.0. The van der Waals surface area contributed by atoms with E-state index in [1.165, 1.54) is 25.4 Å². The van der Waals surface area contributed by atoms with Crippen LogP contribution in [0, 0.1) is 0 Å². The van der Waals surface area contributed by atoms with Gasteiger partial charge in [-0.1, -0.05) is 35.3 Å². The SMILES string of the molecule is COc1cc(C(=O)NC2CCN(C)C[C@H]2F)c(Cl)cc1Nc1ncc(Cl)c(Oc2cccc3c2C(=O)N(C)[C@H]3C)n1. The van der Waals surface area contributed by atoms with E-state index in [1.807, 2.05) is 24.9 Å². The molecule has 1 fully saturated rings. The van der Waals surface area contributed by atoms with Crippen LogP contribution in [0.2, 0.25) is 10.0 Å². The monoisotopic (exact) mass is 602 g/mol. The van der Waals surface area contributed by atoms with Crippen molar-refractivity contribution in [2.45, 2.75) is 31.6 Å². The van der Waals surface area contributed by atoms with Crippen LogP contribution in [0.3, 0.4) is 0 Å². The number of amides is 2. The lowest BCUT2D eigenvalue weighted by Crippen LogP contribution is -2.51. The number of piperidine rings is 1. The molecule has 216 valence electrons. The first-order valence-electron chi connectivity index (χ1n) is 13.0. The van der Waals surface area contributed by atoms with Gasteiger partial charge in [0, 0.05) is 20.1 Å². The van der Waals surface area contributed by atoms with Crippen molar-refractivity contribution in [1.82, 2.24) is 25.1 Å². The minimum atomic E-state index is -1.18. The Morgan fingerprint density at radius 1 is 1.17 bits per heavy atom. The van der Waals surface area contributed by atoms with Gasteiger partial charge in [-0.15, -0.1) is 0 Å². The van der Waals surface area contributed by atoms with Gasteiger partial charge in [0.2, 0.25) is 11.8 Å². The first-order chi connectivity index (χ1) is 19.6. The van der Waals surface area contributed by atoms with E-state index in [0.717, 1.165) is 5.56 Å². The Morgan fingerprint density at radius 3 is 2.68 bits per heavy atom. The average molecular weight is 603 g/mol. The molecule has 13 heteroatoms. The van der Waals surface area contributed by atoms with Crippen LogP contribution in [0.1, 0.15) is 45.7 Å². The number of nitrogens with one attached hydrogen (secondary N) is 2. The van der Waals surface area contributed by atoms with Gasteiger partial charge in [0.05, 0.1) is 47.2 Å². The molecule has 1 aromatic heterocycles. The smallest absolute Gasteiger partial charge is 0.258 e. The van der Waals surface area contributed by atoms with Gasteiger partial charge in [-0.2, -0.15) is 4.98 Å². The van der Waals surface area contributed by atoms with Crippen molar-refractivity contribution in [2.75, 3.05) is 39.6 Å². The molecule has 2 aliphatic rings. The number of fused-ring (bicyclic) bond motifs is 1. The fourth-order valence-electron chi connectivity index (χ4n) is 4.94. The summed E-state index contributed by atoms with van der Waals surface area (Å²) in [5.41, 5.74) is 1.81. The highest BCUT2D eigenvalue weighted by molar-refractivity contribution is 6.34. The summed E-state index contributed by atoms with van der Waals surface area (Å²) in [5.74, 6) is 0.0866. The molecule has 5 rings (SSSR count). The summed E-state index contributed by atoms with van der Waals surface area (Å²) in [6.07, 6.45) is 0.667. The van der Waals surface area contributed by atoms with E-state index in [2.05, 4.69) is 20.6 Å². The second-order valence-corrected chi connectivity index (χ2v) is 10.9. The van der Waals surface area contributed by atoms with Crippen molar-refractivity contribution in [2.24, 2.45) is 0 Å². The Kier molecular flexibility index (Phi) is 8.21. The number of rotatable bonds is 7. The summed E-state index contributed by atoms with van der Waals surface area (Å²) in [5, 5.41) is 6.01. The van der Waals surface area contributed by atoms with Gasteiger partial charge in [0.1, 0.15) is 22.7 Å². The number of methoxy groups -OCH3 is 1. The van der Waals surface area contributed by atoms with Crippen molar-refractivity contribution >= 4 is 46.7 Å². The minimum Gasteiger partial charge on any atom is -0.495 e. The highest BCUT2D eigenvalue weighted by Crippen LogP contribution is 2.40. The molecule has 0 radical (unpaired) electrons. The Bertz CT molecular complexity index is 1510. The number of anilines is 2. The number of nitrogens with zero attached hydrogens (tertiary/aromatic N) is 4. The van der Waals surface area contributed by atoms with Crippen LogP contribution in [-0.4, -0.2) is 78.1 Å². The summed E-state index contributed by atoms with van der Waals surface area (Å²) in [6.45, 7) is 2.86. The number of benzene rings is 2. The largest absolute Gasteiger partial charge is 0.495 e. The van der Waals surface area contributed by atoms with E-state index in [9.17, 15) is 14.0 Å². The fourth-order valence-corrected chi connectivity index (χ4v) is 5.32. The maximum Gasteiger partial charge on any atom is 0.258 e. The lowest BCUT2D eigenvalue weighted by Gasteiger charge is -2.32. The number of ether oxygens (including phenoxy) is 2. The first kappa shape index (κ1) is 28.8. The molecule has 0 saturated carbocycles. The summed E-state index contributed by atoms with van der Waals surface area (Å²) in [7, 11) is 5.01. The number of carbonyl (C=O) groups excluding carboxylic acids is 2. The standard InChI is InChI=1S/C28H29Cl2FN6O4/c1-14-15-6-5-7-22(24(15)27(39)37(14)3)41-26-18(30)12-32-28(35-26)34-21-11-17(29)16(10-23(21)40-4)25(38)33-20-8-9-36(2)13-19(20)31/h5-7,10-12,14,19-20H,8-9,13H2,1-4H3,(H,33,38)(H,32,34,35)/t14-,19+,20?/m0/s1. The molecule has 3 heterocycles. The third-order valence-corrected chi connectivity index (χ3v) is 7.96. The Hall–Kier alpha value is -3.67. The van der Waals surface area contributed by atoms with Crippen molar-refractivity contribution in [1.29, 1.82) is 0 Å². The third-order valence-electron chi connectivity index (χ3n) is 7.38. The molecule has 1 saturated heterocycles. The predicted octanol–water partition coefficient (Wildman–Crippen LogP) is 5.25. The zero-order valence-corrected chi connectivity index (χ0v) is 24.4. The van der Waals surface area contributed by atoms with Gasteiger partial charge >= 0.3 is 0 Å². The van der Waals surface area contributed by atoms with Gasteiger partial charge < -0.3 is 29.9 Å². The molecule has 3 atom stereocenters. The van der Waals surface area contributed by atoms with Gasteiger partial charge in [0.15, 0.2) is 0 Å². The number of hydrogen-bond donors (Lipinski definition) is 2. The average Bonchev–Trinajstić information content (AvgIpc) is 3.16. The second kappa shape index (κ2) is 11.7. The molecule has 2 N–H and O–H groups in total. The number of hydrogen-bond acceptors (Lipinski definition) is 8. The Balaban J connectivity index is 1.37. The van der Waals surface area contributed by atoms with Gasteiger partial charge in [0.25, 0.3) is 11.8 Å². The van der Waals surface area contributed by atoms with Crippen molar-refractivity contribution in [3.63, 3.8) is 0 Å². The summed E-state index contributed by atoms with van der Waals surface area (Å²) >= 11 is 12.8. The van der Waals surface area contributed by atoms with Crippen molar-refractivity contribution < 1.29 is 23.5 Å². The third kappa shape index (κ3) is 5.74. The second-order valence-electron chi connectivity index (χ2n) is 10.1. The van der Waals surface area contributed by atoms with Crippen LogP contribution in [0.15, 0.2) is 36.5 Å². The molecule has 0 bridgehead atoms. The number of halogens is 3. The number of aromatic nitrogens is 2. The molecule has 1 unspecified atom stereocenters. The normalized spacial score (nSPS) is 20.5. The van der Waals surface area contributed by atoms with E-state index >= 15 is 0 Å². The van der Waals surface area contributed by atoms with Crippen LogP contribution >= 0.6 is 23.2 Å². The number of carbonyl (C=O) groups is 2. The van der Waals surface area contributed by atoms with E-state index in [-0.39, 0.29) is 51.7 Å². The van der Waals surface area contributed by atoms with Gasteiger partial charge in [-0.05, 0) is 44.2 Å². The predicted molar refractivity (Wildman–Crippen MR) is 154 cm³/mol. The van der Waals surface area contributed by atoms with Crippen LogP contribution in [0.25, 0.3) is 0 Å². The Morgan fingerprint density at radius 2 is 1.95 bits per heavy atom. The molecule has 2 amide bonds.